The second-order valence-electron chi connectivity index (χ2n) is 5.62. The van der Waals surface area contributed by atoms with Gasteiger partial charge in [0, 0.05) is 0 Å². The van der Waals surface area contributed by atoms with Gasteiger partial charge >= 0.3 is 0 Å². The maximum atomic E-state index is 12.8. The van der Waals surface area contributed by atoms with Crippen LogP contribution in [0.1, 0.15) is 0 Å². The van der Waals surface area contributed by atoms with Crippen molar-refractivity contribution in [1.82, 2.24) is 0 Å². The Morgan fingerprint density at radius 1 is 0.926 bits per heavy atom. The van der Waals surface area contributed by atoms with Gasteiger partial charge in [-0.2, -0.15) is 0 Å². The molecule has 0 radical (unpaired) electrons. The highest BCUT2D eigenvalue weighted by atomic mass is 35.5. The van der Waals surface area contributed by atoms with Crippen molar-refractivity contribution >= 4 is 38.9 Å². The van der Waals surface area contributed by atoms with Crippen molar-refractivity contribution in [3.63, 3.8) is 0 Å². The smallest absolute Gasteiger partial charge is 0.262 e. The molecule has 0 fully saturated rings. The molecule has 0 spiro atoms. The van der Waals surface area contributed by atoms with Gasteiger partial charge in [-0.3, -0.25) is 4.72 Å². The summed E-state index contributed by atoms with van der Waals surface area (Å²) >= 11 is 11.7. The van der Waals surface area contributed by atoms with Crippen LogP contribution in [0, 0.1) is 0 Å². The van der Waals surface area contributed by atoms with Crippen molar-refractivity contribution in [3.05, 3.63) is 70.7 Å². The number of methoxy groups -OCH3 is 1. The molecule has 8 heteroatoms. The van der Waals surface area contributed by atoms with Gasteiger partial charge in [-0.05, 0) is 35.4 Å². The molecule has 3 aromatic rings. The number of phenolic OH excluding ortho intramolecular Hbond substituents is 1. The predicted octanol–water partition coefficient (Wildman–Crippen LogP) is 5.18. The molecule has 5 nitrogen and oxygen atoms in total. The maximum Gasteiger partial charge on any atom is 0.262 e. The molecule has 0 bridgehead atoms. The van der Waals surface area contributed by atoms with Crippen LogP contribution in [-0.2, 0) is 10.0 Å². The van der Waals surface area contributed by atoms with Gasteiger partial charge < -0.3 is 9.84 Å². The molecule has 0 atom stereocenters. The second kappa shape index (κ2) is 7.68. The van der Waals surface area contributed by atoms with E-state index < -0.39 is 10.0 Å². The second-order valence-corrected chi connectivity index (χ2v) is 8.12. The van der Waals surface area contributed by atoms with Crippen LogP contribution in [0.4, 0.5) is 5.69 Å². The minimum absolute atomic E-state index is 0.159. The highest BCUT2D eigenvalue weighted by Gasteiger charge is 2.20. The number of hydrogen-bond donors (Lipinski definition) is 2. The van der Waals surface area contributed by atoms with Gasteiger partial charge in [-0.1, -0.05) is 59.6 Å². The van der Waals surface area contributed by atoms with E-state index >= 15 is 0 Å². The summed E-state index contributed by atoms with van der Waals surface area (Å²) in [5.41, 5.74) is 2.01. The lowest BCUT2D eigenvalue weighted by atomic mass is 10.1. The number of ether oxygens (including phenoxy) is 1. The topological polar surface area (TPSA) is 75.6 Å². The number of benzene rings is 3. The fraction of sp³-hybridized carbons (Fsp3) is 0.0526. The molecule has 0 saturated heterocycles. The third-order valence-corrected chi connectivity index (χ3v) is 5.77. The SMILES string of the molecule is COc1ccc(-c2ccccc2)cc1NS(=O)(=O)c1cc(Cl)c(O)c(Cl)c1. The van der Waals surface area contributed by atoms with Crippen LogP contribution >= 0.6 is 23.2 Å². The van der Waals surface area contributed by atoms with Crippen molar-refractivity contribution in [2.75, 3.05) is 11.8 Å². The number of phenols is 1. The van der Waals surface area contributed by atoms with E-state index in [1.54, 1.807) is 12.1 Å². The Hall–Kier alpha value is -2.41. The predicted molar refractivity (Wildman–Crippen MR) is 107 cm³/mol. The van der Waals surface area contributed by atoms with E-state index in [4.69, 9.17) is 27.9 Å². The third-order valence-electron chi connectivity index (χ3n) is 3.85. The first-order valence-corrected chi connectivity index (χ1v) is 10.00. The van der Waals surface area contributed by atoms with Gasteiger partial charge in [0.2, 0.25) is 0 Å². The Morgan fingerprint density at radius 2 is 1.56 bits per heavy atom. The van der Waals surface area contributed by atoms with E-state index in [1.165, 1.54) is 7.11 Å². The average molecular weight is 424 g/mol. The lowest BCUT2D eigenvalue weighted by Gasteiger charge is -2.14. The average Bonchev–Trinajstić information content (AvgIpc) is 2.66. The van der Waals surface area contributed by atoms with E-state index in [1.807, 2.05) is 36.4 Å². The standard InChI is InChI=1S/C19H15Cl2NO4S/c1-26-18-8-7-13(12-5-3-2-4-6-12)9-17(18)22-27(24,25)14-10-15(20)19(23)16(21)11-14/h2-11,22-23H,1H3. The summed E-state index contributed by atoms with van der Waals surface area (Å²) in [5, 5.41) is 9.31. The van der Waals surface area contributed by atoms with Crippen molar-refractivity contribution in [2.24, 2.45) is 0 Å². The van der Waals surface area contributed by atoms with Gasteiger partial charge in [0.25, 0.3) is 10.0 Å². The van der Waals surface area contributed by atoms with E-state index in [2.05, 4.69) is 4.72 Å². The highest BCUT2D eigenvalue weighted by Crippen LogP contribution is 2.36. The number of anilines is 1. The van der Waals surface area contributed by atoms with Gasteiger partial charge in [-0.15, -0.1) is 0 Å². The van der Waals surface area contributed by atoms with Crippen LogP contribution in [0.25, 0.3) is 11.1 Å². The van der Waals surface area contributed by atoms with Crippen LogP contribution in [0.3, 0.4) is 0 Å². The summed E-state index contributed by atoms with van der Waals surface area (Å²) in [6.07, 6.45) is 0. The fourth-order valence-corrected chi connectivity index (χ4v) is 4.23. The minimum atomic E-state index is -4.02. The molecule has 3 aromatic carbocycles. The summed E-state index contributed by atoms with van der Waals surface area (Å²) in [7, 11) is -2.57. The van der Waals surface area contributed by atoms with Crippen LogP contribution in [0.2, 0.25) is 10.0 Å². The largest absolute Gasteiger partial charge is 0.505 e. The Kier molecular flexibility index (Phi) is 5.51. The zero-order valence-corrected chi connectivity index (χ0v) is 16.4. The Balaban J connectivity index is 2.03. The maximum absolute atomic E-state index is 12.8. The molecule has 0 amide bonds. The summed E-state index contributed by atoms with van der Waals surface area (Å²) in [6.45, 7) is 0. The number of hydrogen-bond acceptors (Lipinski definition) is 4. The van der Waals surface area contributed by atoms with Gasteiger partial charge in [0.15, 0.2) is 5.75 Å². The quantitative estimate of drug-likeness (QED) is 0.592. The number of sulfonamides is 1. The van der Waals surface area contributed by atoms with Crippen molar-refractivity contribution in [2.45, 2.75) is 4.90 Å². The van der Waals surface area contributed by atoms with Crippen molar-refractivity contribution in [3.8, 4) is 22.6 Å². The highest BCUT2D eigenvalue weighted by molar-refractivity contribution is 7.92. The van der Waals surface area contributed by atoms with Crippen LogP contribution < -0.4 is 9.46 Å². The van der Waals surface area contributed by atoms with E-state index in [0.717, 1.165) is 23.3 Å². The summed E-state index contributed by atoms with van der Waals surface area (Å²) in [5.74, 6) is -0.0184. The molecular weight excluding hydrogens is 409 g/mol. The molecule has 0 unspecified atom stereocenters. The number of nitrogens with one attached hydrogen (secondary N) is 1. The minimum Gasteiger partial charge on any atom is -0.505 e. The first-order valence-electron chi connectivity index (χ1n) is 7.76. The van der Waals surface area contributed by atoms with Crippen molar-refractivity contribution < 1.29 is 18.3 Å². The zero-order chi connectivity index (χ0) is 19.6. The lowest BCUT2D eigenvalue weighted by molar-refractivity contribution is 0.417. The molecule has 0 aliphatic rings. The molecule has 140 valence electrons. The first kappa shape index (κ1) is 19.4. The number of halogens is 2. The fourth-order valence-electron chi connectivity index (χ4n) is 2.50. The first-order chi connectivity index (χ1) is 12.8. The Morgan fingerprint density at radius 3 is 2.15 bits per heavy atom. The summed E-state index contributed by atoms with van der Waals surface area (Å²) in [4.78, 5) is -0.178. The van der Waals surface area contributed by atoms with Gasteiger partial charge in [0.05, 0.1) is 27.7 Å². The monoisotopic (exact) mass is 423 g/mol. The Bertz CT molecular complexity index is 1060. The number of rotatable bonds is 5. The zero-order valence-electron chi connectivity index (χ0n) is 14.1. The van der Waals surface area contributed by atoms with Crippen LogP contribution in [0.5, 0.6) is 11.5 Å². The molecule has 27 heavy (non-hydrogen) atoms. The molecule has 0 aliphatic carbocycles. The van der Waals surface area contributed by atoms with Gasteiger partial charge in [0.1, 0.15) is 5.75 Å². The van der Waals surface area contributed by atoms with Crippen molar-refractivity contribution in [1.29, 1.82) is 0 Å². The van der Waals surface area contributed by atoms with Crippen LogP contribution in [-0.4, -0.2) is 20.6 Å². The Labute approximate surface area is 167 Å². The molecule has 0 saturated carbocycles. The molecular formula is C19H15Cl2NO4S. The molecule has 2 N–H and O–H groups in total. The molecule has 0 aliphatic heterocycles. The molecule has 0 heterocycles. The van der Waals surface area contributed by atoms with Gasteiger partial charge in [-0.25, -0.2) is 8.42 Å². The summed E-state index contributed by atoms with van der Waals surface area (Å²) < 4.78 is 33.3. The van der Waals surface area contributed by atoms with Crippen LogP contribution in [0.15, 0.2) is 65.6 Å². The normalized spacial score (nSPS) is 11.2. The summed E-state index contributed by atoms with van der Waals surface area (Å²) in [6, 6.07) is 17.0. The van der Waals surface area contributed by atoms with E-state index in [0.29, 0.717) is 5.75 Å². The third kappa shape index (κ3) is 4.13. The lowest BCUT2D eigenvalue weighted by Crippen LogP contribution is -2.14. The molecule has 0 aromatic heterocycles. The van der Waals surface area contributed by atoms with E-state index in [-0.39, 0.29) is 26.4 Å². The van der Waals surface area contributed by atoms with E-state index in [9.17, 15) is 13.5 Å². The molecule has 3 rings (SSSR count). The number of aromatic hydroxyl groups is 1.